The zero-order valence-electron chi connectivity index (χ0n) is 15.2. The fourth-order valence-corrected chi connectivity index (χ4v) is 3.14. The molecule has 2 aromatic rings. The standard InChI is InChI=1S/C20H18F4N2O3/c21-15-6-4-14(5-7-15)19(28)26-10-8-13(9-11-26)18(27)25-16-2-1-3-17(12-16)29-20(22,23)24/h1-7,12-13H,8-11H2,(H,25,27). The van der Waals surface area contributed by atoms with E-state index in [1.807, 2.05) is 0 Å². The number of rotatable bonds is 4. The van der Waals surface area contributed by atoms with E-state index in [1.165, 1.54) is 36.4 Å². The molecule has 1 fully saturated rings. The summed E-state index contributed by atoms with van der Waals surface area (Å²) in [5, 5.41) is 2.59. The van der Waals surface area contributed by atoms with Crippen LogP contribution in [0.2, 0.25) is 0 Å². The Hall–Kier alpha value is -3.10. The SMILES string of the molecule is O=C(Nc1cccc(OC(F)(F)F)c1)C1CCN(C(=O)c2ccc(F)cc2)CC1. The molecule has 0 unspecified atom stereocenters. The third kappa shape index (κ3) is 5.69. The first-order valence-electron chi connectivity index (χ1n) is 8.93. The summed E-state index contributed by atoms with van der Waals surface area (Å²) in [6.45, 7) is 0.705. The van der Waals surface area contributed by atoms with Gasteiger partial charge in [0.25, 0.3) is 5.91 Å². The van der Waals surface area contributed by atoms with Gasteiger partial charge >= 0.3 is 6.36 Å². The number of nitrogens with one attached hydrogen (secondary N) is 1. The van der Waals surface area contributed by atoms with Gasteiger partial charge in [-0.1, -0.05) is 6.07 Å². The Kier molecular flexibility index (Phi) is 6.05. The minimum absolute atomic E-state index is 0.196. The van der Waals surface area contributed by atoms with Gasteiger partial charge in [0.2, 0.25) is 5.91 Å². The van der Waals surface area contributed by atoms with E-state index in [0.717, 1.165) is 12.1 Å². The zero-order valence-corrected chi connectivity index (χ0v) is 15.2. The fourth-order valence-electron chi connectivity index (χ4n) is 3.14. The molecule has 2 aromatic carbocycles. The molecule has 1 heterocycles. The molecule has 1 N–H and O–H groups in total. The van der Waals surface area contributed by atoms with Gasteiger partial charge in [0, 0.05) is 36.3 Å². The lowest BCUT2D eigenvalue weighted by molar-refractivity contribution is -0.274. The number of piperidine rings is 1. The number of hydrogen-bond donors (Lipinski definition) is 1. The highest BCUT2D eigenvalue weighted by atomic mass is 19.4. The third-order valence-corrected chi connectivity index (χ3v) is 4.58. The molecule has 1 aliphatic rings. The molecule has 0 bridgehead atoms. The smallest absolute Gasteiger partial charge is 0.406 e. The molecule has 0 radical (unpaired) electrons. The zero-order chi connectivity index (χ0) is 21.0. The number of alkyl halides is 3. The van der Waals surface area contributed by atoms with Crippen LogP contribution in [0.1, 0.15) is 23.2 Å². The summed E-state index contributed by atoms with van der Waals surface area (Å²) in [5.74, 6) is -1.79. The summed E-state index contributed by atoms with van der Waals surface area (Å²) < 4.78 is 53.8. The number of carbonyl (C=O) groups is 2. The fraction of sp³-hybridized carbons (Fsp3) is 0.300. The molecule has 0 aromatic heterocycles. The second-order valence-corrected chi connectivity index (χ2v) is 6.64. The maximum atomic E-state index is 13.0. The molecular formula is C20H18F4N2O3. The summed E-state index contributed by atoms with van der Waals surface area (Å²) in [6.07, 6.45) is -3.98. The van der Waals surface area contributed by atoms with Crippen LogP contribution >= 0.6 is 0 Å². The largest absolute Gasteiger partial charge is 0.573 e. The number of anilines is 1. The monoisotopic (exact) mass is 410 g/mol. The Morgan fingerprint density at radius 1 is 1.03 bits per heavy atom. The Morgan fingerprint density at radius 2 is 1.69 bits per heavy atom. The Labute approximate surface area is 164 Å². The molecule has 154 valence electrons. The van der Waals surface area contributed by atoms with Crippen molar-refractivity contribution in [1.82, 2.24) is 4.90 Å². The maximum absolute atomic E-state index is 13.0. The van der Waals surface area contributed by atoms with Crippen molar-refractivity contribution in [2.75, 3.05) is 18.4 Å². The number of hydrogen-bond acceptors (Lipinski definition) is 3. The lowest BCUT2D eigenvalue weighted by atomic mass is 9.95. The van der Waals surface area contributed by atoms with Crippen molar-refractivity contribution in [3.8, 4) is 5.75 Å². The minimum Gasteiger partial charge on any atom is -0.406 e. The van der Waals surface area contributed by atoms with Gasteiger partial charge in [-0.25, -0.2) is 4.39 Å². The van der Waals surface area contributed by atoms with Crippen LogP contribution in [-0.4, -0.2) is 36.2 Å². The van der Waals surface area contributed by atoms with Crippen molar-refractivity contribution in [2.24, 2.45) is 5.92 Å². The maximum Gasteiger partial charge on any atom is 0.573 e. The predicted octanol–water partition coefficient (Wildman–Crippen LogP) is 4.22. The van der Waals surface area contributed by atoms with Crippen LogP contribution in [0, 0.1) is 11.7 Å². The quantitative estimate of drug-likeness (QED) is 0.768. The lowest BCUT2D eigenvalue weighted by Crippen LogP contribution is -2.41. The predicted molar refractivity (Wildman–Crippen MR) is 96.8 cm³/mol. The van der Waals surface area contributed by atoms with Crippen molar-refractivity contribution in [1.29, 1.82) is 0 Å². The molecule has 3 rings (SSSR count). The molecule has 9 heteroatoms. The molecule has 29 heavy (non-hydrogen) atoms. The second kappa shape index (κ2) is 8.50. The van der Waals surface area contributed by atoms with Crippen LogP contribution in [0.15, 0.2) is 48.5 Å². The summed E-state index contributed by atoms with van der Waals surface area (Å²) in [6, 6.07) is 10.3. The Balaban J connectivity index is 1.54. The molecule has 2 amide bonds. The second-order valence-electron chi connectivity index (χ2n) is 6.64. The molecule has 0 aliphatic carbocycles. The van der Waals surface area contributed by atoms with Crippen molar-refractivity contribution in [3.05, 3.63) is 59.9 Å². The number of likely N-dealkylation sites (tertiary alicyclic amines) is 1. The van der Waals surface area contributed by atoms with Crippen LogP contribution in [0.5, 0.6) is 5.75 Å². The number of nitrogens with zero attached hydrogens (tertiary/aromatic N) is 1. The van der Waals surface area contributed by atoms with E-state index in [1.54, 1.807) is 4.90 Å². The van der Waals surface area contributed by atoms with Crippen molar-refractivity contribution < 1.29 is 31.9 Å². The van der Waals surface area contributed by atoms with Crippen molar-refractivity contribution in [2.45, 2.75) is 19.2 Å². The molecule has 0 saturated carbocycles. The molecule has 1 saturated heterocycles. The molecule has 1 aliphatic heterocycles. The van der Waals surface area contributed by atoms with E-state index in [4.69, 9.17) is 0 Å². The van der Waals surface area contributed by atoms with E-state index in [9.17, 15) is 27.2 Å². The average Bonchev–Trinajstić information content (AvgIpc) is 2.67. The van der Waals surface area contributed by atoms with E-state index in [2.05, 4.69) is 10.1 Å². The van der Waals surface area contributed by atoms with Crippen LogP contribution in [0.3, 0.4) is 0 Å². The average molecular weight is 410 g/mol. The minimum atomic E-state index is -4.81. The van der Waals surface area contributed by atoms with E-state index in [0.29, 0.717) is 31.5 Å². The summed E-state index contributed by atoms with van der Waals surface area (Å²) in [5.41, 5.74) is 0.567. The molecular weight excluding hydrogens is 392 g/mol. The van der Waals surface area contributed by atoms with Gasteiger partial charge in [0.15, 0.2) is 0 Å². The highest BCUT2D eigenvalue weighted by molar-refractivity contribution is 5.95. The van der Waals surface area contributed by atoms with E-state index < -0.39 is 17.9 Å². The van der Waals surface area contributed by atoms with Crippen LogP contribution in [0.4, 0.5) is 23.2 Å². The van der Waals surface area contributed by atoms with E-state index in [-0.39, 0.29) is 23.4 Å². The number of halogens is 4. The van der Waals surface area contributed by atoms with Gasteiger partial charge < -0.3 is 15.0 Å². The van der Waals surface area contributed by atoms with Gasteiger partial charge in [-0.3, -0.25) is 9.59 Å². The van der Waals surface area contributed by atoms with Crippen molar-refractivity contribution in [3.63, 3.8) is 0 Å². The summed E-state index contributed by atoms with van der Waals surface area (Å²) in [7, 11) is 0. The summed E-state index contributed by atoms with van der Waals surface area (Å²) >= 11 is 0. The van der Waals surface area contributed by atoms with Crippen LogP contribution in [0.25, 0.3) is 0 Å². The number of ether oxygens (including phenoxy) is 1. The molecule has 5 nitrogen and oxygen atoms in total. The topological polar surface area (TPSA) is 58.6 Å². The number of amides is 2. The van der Waals surface area contributed by atoms with Gasteiger partial charge in [0.05, 0.1) is 0 Å². The van der Waals surface area contributed by atoms with Gasteiger partial charge in [-0.05, 0) is 49.2 Å². The van der Waals surface area contributed by atoms with E-state index >= 15 is 0 Å². The van der Waals surface area contributed by atoms with Crippen molar-refractivity contribution >= 4 is 17.5 Å². The Bertz CT molecular complexity index is 876. The number of benzene rings is 2. The number of carbonyl (C=O) groups excluding carboxylic acids is 2. The molecule has 0 atom stereocenters. The molecule has 0 spiro atoms. The Morgan fingerprint density at radius 3 is 2.31 bits per heavy atom. The normalized spacial score (nSPS) is 15.1. The first kappa shape index (κ1) is 20.6. The van der Waals surface area contributed by atoms with Gasteiger partial charge in [0.1, 0.15) is 11.6 Å². The first-order chi connectivity index (χ1) is 13.7. The highest BCUT2D eigenvalue weighted by Gasteiger charge is 2.31. The van der Waals surface area contributed by atoms with Crippen LogP contribution in [-0.2, 0) is 4.79 Å². The van der Waals surface area contributed by atoms with Gasteiger partial charge in [-0.15, -0.1) is 13.2 Å². The first-order valence-corrected chi connectivity index (χ1v) is 8.93. The third-order valence-electron chi connectivity index (χ3n) is 4.58. The summed E-state index contributed by atoms with van der Waals surface area (Å²) in [4.78, 5) is 26.4. The lowest BCUT2D eigenvalue weighted by Gasteiger charge is -2.31. The highest BCUT2D eigenvalue weighted by Crippen LogP contribution is 2.26. The van der Waals surface area contributed by atoms with Crippen LogP contribution < -0.4 is 10.1 Å². The van der Waals surface area contributed by atoms with Gasteiger partial charge in [-0.2, -0.15) is 0 Å².